The standard InChI is InChI=1S/C15H19F2N3/c1-9-3-2-4-10(6-5-9)20-14-12(19-15(20)18)8-7-11(16)13(14)17/h7-10H,2-6H2,1H3,(H2,18,19). The minimum Gasteiger partial charge on any atom is -0.369 e. The molecular weight excluding hydrogens is 260 g/mol. The Morgan fingerprint density at radius 3 is 2.80 bits per heavy atom. The van der Waals surface area contributed by atoms with Gasteiger partial charge in [0.05, 0.1) is 5.52 Å². The van der Waals surface area contributed by atoms with E-state index in [1.165, 1.54) is 12.5 Å². The molecule has 1 saturated carbocycles. The van der Waals surface area contributed by atoms with Gasteiger partial charge in [-0.25, -0.2) is 13.8 Å². The molecule has 1 aliphatic carbocycles. The van der Waals surface area contributed by atoms with Crippen LogP contribution >= 0.6 is 0 Å². The van der Waals surface area contributed by atoms with E-state index in [9.17, 15) is 8.78 Å². The van der Waals surface area contributed by atoms with Gasteiger partial charge in [-0.2, -0.15) is 0 Å². The molecule has 3 nitrogen and oxygen atoms in total. The SMILES string of the molecule is CC1CCCC(n2c(N)nc3ccc(F)c(F)c32)CC1. The summed E-state index contributed by atoms with van der Waals surface area (Å²) in [6.07, 6.45) is 5.23. The number of benzene rings is 1. The van der Waals surface area contributed by atoms with Crippen LogP contribution in [0.2, 0.25) is 0 Å². The molecule has 2 unspecified atom stereocenters. The van der Waals surface area contributed by atoms with Crippen LogP contribution in [-0.4, -0.2) is 9.55 Å². The average molecular weight is 279 g/mol. The third kappa shape index (κ3) is 2.15. The van der Waals surface area contributed by atoms with Crippen LogP contribution in [0.15, 0.2) is 12.1 Å². The summed E-state index contributed by atoms with van der Waals surface area (Å²) in [7, 11) is 0. The van der Waals surface area contributed by atoms with E-state index in [1.54, 1.807) is 4.57 Å². The van der Waals surface area contributed by atoms with Crippen molar-refractivity contribution in [3.63, 3.8) is 0 Å². The molecule has 0 spiro atoms. The van der Waals surface area contributed by atoms with Gasteiger partial charge in [-0.1, -0.05) is 19.8 Å². The number of rotatable bonds is 1. The molecular formula is C15H19F2N3. The predicted octanol–water partition coefficient (Wildman–Crippen LogP) is 4.04. The Balaban J connectivity index is 2.10. The fraction of sp³-hybridized carbons (Fsp3) is 0.533. The number of halogens is 2. The number of anilines is 1. The summed E-state index contributed by atoms with van der Waals surface area (Å²) in [5.41, 5.74) is 6.59. The normalized spacial score (nSPS) is 23.9. The van der Waals surface area contributed by atoms with Crippen molar-refractivity contribution in [2.75, 3.05) is 5.73 Å². The second kappa shape index (κ2) is 5.04. The Kier molecular flexibility index (Phi) is 3.36. The van der Waals surface area contributed by atoms with Crippen LogP contribution < -0.4 is 5.73 Å². The van der Waals surface area contributed by atoms with Gasteiger partial charge in [-0.15, -0.1) is 0 Å². The zero-order chi connectivity index (χ0) is 14.3. The monoisotopic (exact) mass is 279 g/mol. The number of aromatic nitrogens is 2. The molecule has 1 heterocycles. The number of hydrogen-bond donors (Lipinski definition) is 1. The Labute approximate surface area is 116 Å². The third-order valence-electron chi connectivity index (χ3n) is 4.36. The van der Waals surface area contributed by atoms with Crippen molar-refractivity contribution in [2.24, 2.45) is 5.92 Å². The van der Waals surface area contributed by atoms with Crippen molar-refractivity contribution in [1.82, 2.24) is 9.55 Å². The highest BCUT2D eigenvalue weighted by molar-refractivity contribution is 5.79. The van der Waals surface area contributed by atoms with E-state index in [2.05, 4.69) is 11.9 Å². The van der Waals surface area contributed by atoms with E-state index >= 15 is 0 Å². The van der Waals surface area contributed by atoms with Gasteiger partial charge in [-0.05, 0) is 37.3 Å². The van der Waals surface area contributed by atoms with Gasteiger partial charge < -0.3 is 10.3 Å². The van der Waals surface area contributed by atoms with Crippen LogP contribution in [0.5, 0.6) is 0 Å². The van der Waals surface area contributed by atoms with Gasteiger partial charge in [-0.3, -0.25) is 0 Å². The predicted molar refractivity (Wildman–Crippen MR) is 75.3 cm³/mol. The molecule has 5 heteroatoms. The molecule has 2 atom stereocenters. The maximum absolute atomic E-state index is 14.1. The molecule has 1 fully saturated rings. The van der Waals surface area contributed by atoms with Crippen molar-refractivity contribution in [1.29, 1.82) is 0 Å². The van der Waals surface area contributed by atoms with E-state index in [0.29, 0.717) is 11.4 Å². The van der Waals surface area contributed by atoms with Crippen LogP contribution in [0.4, 0.5) is 14.7 Å². The fourth-order valence-electron chi connectivity index (χ4n) is 3.24. The molecule has 1 aliphatic rings. The van der Waals surface area contributed by atoms with Crippen LogP contribution in [0.25, 0.3) is 11.0 Å². The first-order chi connectivity index (χ1) is 9.58. The second-order valence-corrected chi connectivity index (χ2v) is 5.84. The number of nitrogens with two attached hydrogens (primary N) is 1. The number of imidazole rings is 1. The van der Waals surface area contributed by atoms with Crippen molar-refractivity contribution in [2.45, 2.75) is 45.1 Å². The minimum absolute atomic E-state index is 0.112. The van der Waals surface area contributed by atoms with Crippen LogP contribution in [0, 0.1) is 17.6 Å². The van der Waals surface area contributed by atoms with E-state index < -0.39 is 11.6 Å². The minimum atomic E-state index is -0.847. The first kappa shape index (κ1) is 13.3. The number of hydrogen-bond acceptors (Lipinski definition) is 2. The van der Waals surface area contributed by atoms with E-state index in [1.807, 2.05) is 0 Å². The summed E-state index contributed by atoms with van der Waals surface area (Å²) in [6.45, 7) is 2.23. The molecule has 2 aromatic rings. The van der Waals surface area contributed by atoms with Gasteiger partial charge in [0, 0.05) is 6.04 Å². The van der Waals surface area contributed by atoms with Gasteiger partial charge >= 0.3 is 0 Å². The quantitative estimate of drug-likeness (QED) is 0.801. The Hall–Kier alpha value is -1.65. The summed E-state index contributed by atoms with van der Waals surface area (Å²) >= 11 is 0. The zero-order valence-electron chi connectivity index (χ0n) is 11.6. The zero-order valence-corrected chi connectivity index (χ0v) is 11.6. The van der Waals surface area contributed by atoms with Crippen LogP contribution in [0.3, 0.4) is 0 Å². The molecule has 3 rings (SSSR count). The highest BCUT2D eigenvalue weighted by Gasteiger charge is 2.24. The Morgan fingerprint density at radius 2 is 2.00 bits per heavy atom. The molecule has 2 N–H and O–H groups in total. The summed E-state index contributed by atoms with van der Waals surface area (Å²) in [6, 6.07) is 2.70. The highest BCUT2D eigenvalue weighted by atomic mass is 19.2. The van der Waals surface area contributed by atoms with Crippen LogP contribution in [-0.2, 0) is 0 Å². The highest BCUT2D eigenvalue weighted by Crippen LogP contribution is 2.35. The maximum atomic E-state index is 14.1. The molecule has 20 heavy (non-hydrogen) atoms. The molecule has 0 amide bonds. The lowest BCUT2D eigenvalue weighted by Crippen LogP contribution is -2.12. The van der Waals surface area contributed by atoms with E-state index in [-0.39, 0.29) is 17.5 Å². The Morgan fingerprint density at radius 1 is 1.20 bits per heavy atom. The second-order valence-electron chi connectivity index (χ2n) is 5.84. The van der Waals surface area contributed by atoms with Gasteiger partial charge in [0.2, 0.25) is 5.95 Å². The first-order valence-corrected chi connectivity index (χ1v) is 7.19. The molecule has 0 radical (unpaired) electrons. The smallest absolute Gasteiger partial charge is 0.201 e. The van der Waals surface area contributed by atoms with Gasteiger partial charge in [0.25, 0.3) is 0 Å². The number of nitrogens with zero attached hydrogens (tertiary/aromatic N) is 2. The van der Waals surface area contributed by atoms with Crippen molar-refractivity contribution >= 4 is 17.0 Å². The molecule has 1 aromatic heterocycles. The lowest BCUT2D eigenvalue weighted by Gasteiger charge is -2.19. The topological polar surface area (TPSA) is 43.8 Å². The third-order valence-corrected chi connectivity index (χ3v) is 4.36. The summed E-state index contributed by atoms with van der Waals surface area (Å²) in [5, 5.41) is 0. The van der Waals surface area contributed by atoms with Crippen molar-refractivity contribution in [3.8, 4) is 0 Å². The molecule has 0 bridgehead atoms. The lowest BCUT2D eigenvalue weighted by molar-refractivity contribution is 0.438. The first-order valence-electron chi connectivity index (χ1n) is 7.19. The fourth-order valence-corrected chi connectivity index (χ4v) is 3.24. The summed E-state index contributed by atoms with van der Waals surface area (Å²) < 4.78 is 29.3. The summed E-state index contributed by atoms with van der Waals surface area (Å²) in [5.74, 6) is -0.730. The van der Waals surface area contributed by atoms with E-state index in [4.69, 9.17) is 5.73 Å². The number of fused-ring (bicyclic) bond motifs is 1. The molecule has 1 aromatic carbocycles. The molecule has 0 saturated heterocycles. The summed E-state index contributed by atoms with van der Waals surface area (Å²) in [4.78, 5) is 4.17. The average Bonchev–Trinajstić information content (AvgIpc) is 2.60. The van der Waals surface area contributed by atoms with Crippen LogP contribution in [0.1, 0.15) is 45.1 Å². The number of nitrogen functional groups attached to an aromatic ring is 1. The maximum Gasteiger partial charge on any atom is 0.201 e. The Bertz CT molecular complexity index is 636. The van der Waals surface area contributed by atoms with Gasteiger partial charge in [0.15, 0.2) is 11.6 Å². The molecule has 0 aliphatic heterocycles. The largest absolute Gasteiger partial charge is 0.369 e. The lowest BCUT2D eigenvalue weighted by atomic mass is 10.0. The van der Waals surface area contributed by atoms with Crippen molar-refractivity contribution in [3.05, 3.63) is 23.8 Å². The van der Waals surface area contributed by atoms with Gasteiger partial charge in [0.1, 0.15) is 5.52 Å². The molecule has 108 valence electrons. The van der Waals surface area contributed by atoms with E-state index in [0.717, 1.165) is 31.7 Å². The van der Waals surface area contributed by atoms with Crippen molar-refractivity contribution < 1.29 is 8.78 Å².